The number of carbonyl (C=O) groups excluding carboxylic acids is 2. The summed E-state index contributed by atoms with van der Waals surface area (Å²) in [4.78, 5) is 32.4. The second-order valence-corrected chi connectivity index (χ2v) is 5.83. The number of benzene rings is 1. The van der Waals surface area contributed by atoms with E-state index in [2.05, 4.69) is 20.6 Å². The maximum atomic E-state index is 12.3. The van der Waals surface area contributed by atoms with E-state index < -0.39 is 12.8 Å². The van der Waals surface area contributed by atoms with Gasteiger partial charge in [0.1, 0.15) is 5.84 Å². The largest absolute Gasteiger partial charge is 0.349 e. The summed E-state index contributed by atoms with van der Waals surface area (Å²) in [5, 5.41) is 5.25. The van der Waals surface area contributed by atoms with Gasteiger partial charge in [-0.05, 0) is 24.1 Å². The molecule has 0 saturated carbocycles. The number of hydrogen-bond donors (Lipinski definition) is 2. The molecule has 0 bridgehead atoms. The summed E-state index contributed by atoms with van der Waals surface area (Å²) >= 11 is 0. The molecular weight excluding hydrogens is 316 g/mol. The molecule has 128 valence electrons. The Morgan fingerprint density at radius 1 is 1.32 bits per heavy atom. The molecule has 25 heavy (non-hydrogen) atoms. The van der Waals surface area contributed by atoms with Crippen molar-refractivity contribution >= 4 is 17.6 Å². The minimum absolute atomic E-state index is 0.113. The van der Waals surface area contributed by atoms with Crippen molar-refractivity contribution in [3.8, 4) is 0 Å². The molecule has 2 aromatic rings. The SMILES string of the molecule is [2H]C([2H])([2H])C(=O)NC1=NCc2cc(CC(=O)N[C@H](C)c3ccccc3)ncc21. The number of rotatable bonds is 4. The maximum absolute atomic E-state index is 12.3. The molecule has 6 heteroatoms. The first-order valence-corrected chi connectivity index (χ1v) is 7.92. The van der Waals surface area contributed by atoms with E-state index in [0.717, 1.165) is 11.1 Å². The van der Waals surface area contributed by atoms with E-state index in [0.29, 0.717) is 17.8 Å². The second-order valence-electron chi connectivity index (χ2n) is 5.83. The second kappa shape index (κ2) is 7.25. The van der Waals surface area contributed by atoms with Crippen LogP contribution in [0.15, 0.2) is 47.6 Å². The van der Waals surface area contributed by atoms with Crippen molar-refractivity contribution in [1.82, 2.24) is 15.6 Å². The molecule has 2 heterocycles. The number of hydrogen-bond acceptors (Lipinski definition) is 4. The Bertz CT molecular complexity index is 927. The van der Waals surface area contributed by atoms with E-state index in [1.165, 1.54) is 6.20 Å². The molecule has 1 aliphatic rings. The summed E-state index contributed by atoms with van der Waals surface area (Å²) in [6, 6.07) is 11.3. The molecule has 0 unspecified atom stereocenters. The van der Waals surface area contributed by atoms with Crippen LogP contribution in [0.25, 0.3) is 0 Å². The van der Waals surface area contributed by atoms with Gasteiger partial charge in [0, 0.05) is 22.7 Å². The topological polar surface area (TPSA) is 83.5 Å². The molecule has 0 spiro atoms. The lowest BCUT2D eigenvalue weighted by Gasteiger charge is -2.14. The number of nitrogens with zero attached hydrogens (tertiary/aromatic N) is 2. The summed E-state index contributed by atoms with van der Waals surface area (Å²) in [5.74, 6) is -1.05. The molecule has 0 saturated heterocycles. The van der Waals surface area contributed by atoms with Crippen molar-refractivity contribution in [3.63, 3.8) is 0 Å². The summed E-state index contributed by atoms with van der Waals surface area (Å²) in [6.45, 7) is -0.535. The fourth-order valence-corrected chi connectivity index (χ4v) is 2.73. The highest BCUT2D eigenvalue weighted by atomic mass is 16.2. The third kappa shape index (κ3) is 4.09. The number of amides is 2. The molecule has 1 aromatic heterocycles. The van der Waals surface area contributed by atoms with Gasteiger partial charge in [-0.1, -0.05) is 30.3 Å². The summed E-state index contributed by atoms with van der Waals surface area (Å²) in [7, 11) is 0. The average molecular weight is 339 g/mol. The smallest absolute Gasteiger partial charge is 0.226 e. The van der Waals surface area contributed by atoms with E-state index in [-0.39, 0.29) is 24.2 Å². The van der Waals surface area contributed by atoms with Crippen LogP contribution in [-0.2, 0) is 22.6 Å². The minimum Gasteiger partial charge on any atom is -0.349 e. The summed E-state index contributed by atoms with van der Waals surface area (Å²) in [6.07, 6.45) is 1.62. The lowest BCUT2D eigenvalue weighted by Crippen LogP contribution is -2.29. The molecule has 1 aliphatic heterocycles. The molecule has 1 aromatic carbocycles. The Morgan fingerprint density at radius 3 is 2.88 bits per heavy atom. The predicted molar refractivity (Wildman–Crippen MR) is 95.0 cm³/mol. The zero-order valence-corrected chi connectivity index (χ0v) is 13.7. The Hall–Kier alpha value is -3.02. The van der Waals surface area contributed by atoms with Crippen molar-refractivity contribution in [3.05, 3.63) is 65.0 Å². The van der Waals surface area contributed by atoms with Gasteiger partial charge in [-0.25, -0.2) is 0 Å². The lowest BCUT2D eigenvalue weighted by molar-refractivity contribution is -0.121. The van der Waals surface area contributed by atoms with E-state index in [9.17, 15) is 9.59 Å². The van der Waals surface area contributed by atoms with Gasteiger partial charge < -0.3 is 10.6 Å². The Balaban J connectivity index is 1.62. The number of fused-ring (bicyclic) bond motifs is 1. The Kier molecular flexibility index (Phi) is 3.86. The van der Waals surface area contributed by atoms with Gasteiger partial charge in [0.2, 0.25) is 11.8 Å². The average Bonchev–Trinajstić information content (AvgIpc) is 3.03. The van der Waals surface area contributed by atoms with Gasteiger partial charge >= 0.3 is 0 Å². The van der Waals surface area contributed by atoms with Gasteiger partial charge in [-0.3, -0.25) is 19.6 Å². The fraction of sp³-hybridized carbons (Fsp3) is 0.263. The molecule has 2 amide bonds. The van der Waals surface area contributed by atoms with Crippen molar-refractivity contribution in [2.45, 2.75) is 32.8 Å². The number of aliphatic imine (C=N–C) groups is 1. The van der Waals surface area contributed by atoms with Crippen LogP contribution in [0.2, 0.25) is 0 Å². The summed E-state index contributed by atoms with van der Waals surface area (Å²) in [5.41, 5.74) is 2.95. The number of nitrogens with one attached hydrogen (secondary N) is 2. The third-order valence-electron chi connectivity index (χ3n) is 3.96. The van der Waals surface area contributed by atoms with Crippen molar-refractivity contribution < 1.29 is 13.7 Å². The third-order valence-corrected chi connectivity index (χ3v) is 3.96. The van der Waals surface area contributed by atoms with Crippen LogP contribution in [0, 0.1) is 0 Å². The minimum atomic E-state index is -2.74. The van der Waals surface area contributed by atoms with Crippen molar-refractivity contribution in [2.24, 2.45) is 4.99 Å². The highest BCUT2D eigenvalue weighted by Crippen LogP contribution is 2.18. The first-order chi connectivity index (χ1) is 13.2. The van der Waals surface area contributed by atoms with Crippen LogP contribution in [-0.4, -0.2) is 22.6 Å². The summed E-state index contributed by atoms with van der Waals surface area (Å²) < 4.78 is 21.4. The highest BCUT2D eigenvalue weighted by Gasteiger charge is 2.19. The van der Waals surface area contributed by atoms with E-state index in [4.69, 9.17) is 4.11 Å². The monoisotopic (exact) mass is 339 g/mol. The number of carbonyl (C=O) groups is 2. The van der Waals surface area contributed by atoms with Gasteiger partial charge in [0.15, 0.2) is 0 Å². The normalized spacial score (nSPS) is 15.9. The molecule has 0 aliphatic carbocycles. The molecule has 0 fully saturated rings. The number of pyridine rings is 1. The fourth-order valence-electron chi connectivity index (χ4n) is 2.73. The quantitative estimate of drug-likeness (QED) is 0.892. The van der Waals surface area contributed by atoms with Gasteiger partial charge in [0.25, 0.3) is 0 Å². The zero-order valence-electron chi connectivity index (χ0n) is 16.7. The van der Waals surface area contributed by atoms with Crippen LogP contribution >= 0.6 is 0 Å². The molecule has 3 rings (SSSR count). The van der Waals surface area contributed by atoms with E-state index >= 15 is 0 Å². The van der Waals surface area contributed by atoms with E-state index in [1.807, 2.05) is 37.3 Å². The molecule has 0 radical (unpaired) electrons. The van der Waals surface area contributed by atoms with Gasteiger partial charge in [0.05, 0.1) is 24.7 Å². The molecule has 2 N–H and O–H groups in total. The Morgan fingerprint density at radius 2 is 2.12 bits per heavy atom. The molecular formula is C19H20N4O2. The highest BCUT2D eigenvalue weighted by molar-refractivity contribution is 6.09. The van der Waals surface area contributed by atoms with Gasteiger partial charge in [-0.15, -0.1) is 0 Å². The maximum Gasteiger partial charge on any atom is 0.226 e. The van der Waals surface area contributed by atoms with E-state index in [1.54, 1.807) is 6.07 Å². The zero-order chi connectivity index (χ0) is 20.3. The molecule has 1 atom stereocenters. The van der Waals surface area contributed by atoms with Crippen LogP contribution in [0.3, 0.4) is 0 Å². The van der Waals surface area contributed by atoms with Gasteiger partial charge in [-0.2, -0.15) is 0 Å². The number of aromatic nitrogens is 1. The van der Waals surface area contributed by atoms with Crippen LogP contribution in [0.4, 0.5) is 0 Å². The van der Waals surface area contributed by atoms with Crippen molar-refractivity contribution in [2.75, 3.05) is 0 Å². The lowest BCUT2D eigenvalue weighted by atomic mass is 10.1. The van der Waals surface area contributed by atoms with Crippen LogP contribution in [0.1, 0.15) is 46.3 Å². The first-order valence-electron chi connectivity index (χ1n) is 9.42. The van der Waals surface area contributed by atoms with Crippen LogP contribution < -0.4 is 10.6 Å². The standard InChI is InChI=1S/C19H20N4O2/c1-12(14-6-4-3-5-7-14)22-18(25)9-16-8-15-10-21-19(23-13(2)24)17(15)11-20-16/h3-8,11-12H,9-10H2,1-2H3,(H,22,25)(H,21,23,24)/t12-/m1/s1/i2D3. The molecule has 6 nitrogen and oxygen atoms in total. The number of amidine groups is 1. The Labute approximate surface area is 150 Å². The van der Waals surface area contributed by atoms with Crippen molar-refractivity contribution in [1.29, 1.82) is 0 Å². The predicted octanol–water partition coefficient (Wildman–Crippen LogP) is 1.90. The first kappa shape index (κ1) is 13.3. The van der Waals surface area contributed by atoms with Crippen LogP contribution in [0.5, 0.6) is 0 Å².